The van der Waals surface area contributed by atoms with Crippen molar-refractivity contribution in [2.24, 2.45) is 0 Å². The van der Waals surface area contributed by atoms with Crippen molar-refractivity contribution in [3.8, 4) is 11.6 Å². The fourth-order valence-electron chi connectivity index (χ4n) is 5.69. The predicted molar refractivity (Wildman–Crippen MR) is 134 cm³/mol. The summed E-state index contributed by atoms with van der Waals surface area (Å²) >= 11 is 0. The van der Waals surface area contributed by atoms with Crippen LogP contribution in [0.3, 0.4) is 0 Å². The molecule has 2 saturated heterocycles. The number of piperidine rings is 1. The zero-order chi connectivity index (χ0) is 24.6. The molecule has 0 amide bonds. The molecule has 6 rings (SSSR count). The first-order chi connectivity index (χ1) is 17.6. The van der Waals surface area contributed by atoms with Gasteiger partial charge >= 0.3 is 5.97 Å². The molecule has 10 heteroatoms. The van der Waals surface area contributed by atoms with Crippen LogP contribution < -0.4 is 9.64 Å². The highest BCUT2D eigenvalue weighted by atomic mass is 16.5. The SMILES string of the molecule is COc1cc(-n2nc(C3CCC3)c3c(N4CCC(N5CCOCC5)CC4)cc(C(=O)O)nc32)ccn1. The van der Waals surface area contributed by atoms with Crippen LogP contribution >= 0.6 is 0 Å². The van der Waals surface area contributed by atoms with E-state index in [1.165, 1.54) is 6.42 Å². The number of morpholine rings is 1. The number of rotatable bonds is 6. The highest BCUT2D eigenvalue weighted by Crippen LogP contribution is 2.43. The van der Waals surface area contributed by atoms with E-state index >= 15 is 0 Å². The average molecular weight is 493 g/mol. The van der Waals surface area contributed by atoms with Crippen molar-refractivity contribution >= 4 is 22.7 Å². The minimum Gasteiger partial charge on any atom is -0.481 e. The molecule has 2 aliphatic heterocycles. The Hall–Kier alpha value is -3.24. The van der Waals surface area contributed by atoms with Crippen LogP contribution in [0.5, 0.6) is 5.88 Å². The van der Waals surface area contributed by atoms with Crippen LogP contribution in [0, 0.1) is 0 Å². The molecule has 3 aromatic heterocycles. The van der Waals surface area contributed by atoms with Crippen molar-refractivity contribution in [2.45, 2.75) is 44.1 Å². The number of carboxylic acids is 1. The largest absolute Gasteiger partial charge is 0.481 e. The van der Waals surface area contributed by atoms with Crippen molar-refractivity contribution in [1.82, 2.24) is 24.6 Å². The Morgan fingerprint density at radius 2 is 1.89 bits per heavy atom. The number of hydrogen-bond acceptors (Lipinski definition) is 8. The number of pyridine rings is 2. The lowest BCUT2D eigenvalue weighted by Crippen LogP contribution is -2.49. The van der Waals surface area contributed by atoms with Crippen molar-refractivity contribution in [2.75, 3.05) is 51.4 Å². The van der Waals surface area contributed by atoms with Crippen molar-refractivity contribution in [1.29, 1.82) is 0 Å². The summed E-state index contributed by atoms with van der Waals surface area (Å²) in [5.41, 5.74) is 3.32. The smallest absolute Gasteiger partial charge is 0.354 e. The van der Waals surface area contributed by atoms with Gasteiger partial charge in [0.2, 0.25) is 5.88 Å². The zero-order valence-corrected chi connectivity index (χ0v) is 20.6. The normalized spacial score (nSPS) is 20.0. The van der Waals surface area contributed by atoms with Gasteiger partial charge in [-0.2, -0.15) is 5.10 Å². The van der Waals surface area contributed by atoms with Gasteiger partial charge in [0.25, 0.3) is 0 Å². The molecule has 0 aromatic carbocycles. The lowest BCUT2D eigenvalue weighted by atomic mass is 9.82. The summed E-state index contributed by atoms with van der Waals surface area (Å²) in [7, 11) is 1.58. The number of ether oxygens (including phenoxy) is 2. The third-order valence-corrected chi connectivity index (χ3v) is 7.89. The Morgan fingerprint density at radius 1 is 1.11 bits per heavy atom. The van der Waals surface area contributed by atoms with Crippen LogP contribution in [-0.2, 0) is 4.74 Å². The van der Waals surface area contributed by atoms with Gasteiger partial charge in [0.1, 0.15) is 0 Å². The molecule has 190 valence electrons. The summed E-state index contributed by atoms with van der Waals surface area (Å²) in [4.78, 5) is 25.8. The summed E-state index contributed by atoms with van der Waals surface area (Å²) in [6.45, 7) is 5.33. The van der Waals surface area contributed by atoms with Gasteiger partial charge in [-0.1, -0.05) is 6.42 Å². The highest BCUT2D eigenvalue weighted by Gasteiger charge is 2.32. The summed E-state index contributed by atoms with van der Waals surface area (Å²) in [5, 5.41) is 15.9. The number of aromatic nitrogens is 4. The number of methoxy groups -OCH3 is 1. The Morgan fingerprint density at radius 3 is 2.56 bits per heavy atom. The second-order valence-electron chi connectivity index (χ2n) is 9.88. The molecular formula is C26H32N6O4. The zero-order valence-electron chi connectivity index (χ0n) is 20.6. The topological polar surface area (TPSA) is 106 Å². The van der Waals surface area contributed by atoms with E-state index in [-0.39, 0.29) is 5.69 Å². The molecule has 1 aliphatic carbocycles. The number of aromatic carboxylic acids is 1. The molecule has 1 N–H and O–H groups in total. The molecule has 3 fully saturated rings. The molecule has 1 saturated carbocycles. The quantitative estimate of drug-likeness (QED) is 0.556. The molecule has 5 heterocycles. The lowest BCUT2D eigenvalue weighted by Gasteiger charge is -2.41. The van der Waals surface area contributed by atoms with Gasteiger partial charge in [0.15, 0.2) is 11.3 Å². The van der Waals surface area contributed by atoms with Crippen LogP contribution in [0.15, 0.2) is 24.4 Å². The fraction of sp³-hybridized carbons (Fsp3) is 0.538. The number of hydrogen-bond donors (Lipinski definition) is 1. The molecule has 0 spiro atoms. The first-order valence-electron chi connectivity index (χ1n) is 12.9. The average Bonchev–Trinajstić information content (AvgIpc) is 3.27. The number of carbonyl (C=O) groups is 1. The second-order valence-corrected chi connectivity index (χ2v) is 9.88. The standard InChI is InChI=1S/C26H32N6O4/c1-35-22-15-19(5-8-27-22)32-25-23(24(29-32)17-3-2-4-17)21(16-20(28-25)26(33)34)31-9-6-18(7-10-31)30-11-13-36-14-12-30/h5,8,15-18H,2-4,6-7,9-14H2,1H3,(H,33,34). The summed E-state index contributed by atoms with van der Waals surface area (Å²) < 4.78 is 12.6. The number of carboxylic acid groups (broad SMARTS) is 1. The summed E-state index contributed by atoms with van der Waals surface area (Å²) in [6.07, 6.45) is 7.11. The number of anilines is 1. The molecule has 3 aromatic rings. The first-order valence-corrected chi connectivity index (χ1v) is 12.9. The highest BCUT2D eigenvalue weighted by molar-refractivity contribution is 5.98. The Balaban J connectivity index is 1.43. The van der Waals surface area contributed by atoms with Crippen molar-refractivity contribution in [3.63, 3.8) is 0 Å². The van der Waals surface area contributed by atoms with E-state index in [1.807, 2.05) is 6.07 Å². The van der Waals surface area contributed by atoms with E-state index in [0.717, 1.165) is 87.5 Å². The van der Waals surface area contributed by atoms with Crippen LogP contribution in [-0.4, -0.2) is 88.3 Å². The summed E-state index contributed by atoms with van der Waals surface area (Å²) in [6, 6.07) is 5.95. The second kappa shape index (κ2) is 9.67. The van der Waals surface area contributed by atoms with Crippen molar-refractivity contribution < 1.29 is 19.4 Å². The Bertz CT molecular complexity index is 1260. The minimum absolute atomic E-state index is 0.0372. The predicted octanol–water partition coefficient (Wildman–Crippen LogP) is 3.09. The van der Waals surface area contributed by atoms with Gasteiger partial charge in [-0.25, -0.2) is 19.4 Å². The Kier molecular flexibility index (Phi) is 6.22. The molecule has 10 nitrogen and oxygen atoms in total. The maximum atomic E-state index is 12.1. The maximum Gasteiger partial charge on any atom is 0.354 e. The summed E-state index contributed by atoms with van der Waals surface area (Å²) in [5.74, 6) is -0.202. The van der Waals surface area contributed by atoms with E-state index in [4.69, 9.17) is 14.6 Å². The molecule has 36 heavy (non-hydrogen) atoms. The van der Waals surface area contributed by atoms with Crippen molar-refractivity contribution in [3.05, 3.63) is 35.8 Å². The van der Waals surface area contributed by atoms with Gasteiger partial charge in [-0.15, -0.1) is 0 Å². The van der Waals surface area contributed by atoms with Gasteiger partial charge < -0.3 is 19.5 Å². The van der Waals surface area contributed by atoms with E-state index in [1.54, 1.807) is 30.1 Å². The fourth-order valence-corrected chi connectivity index (χ4v) is 5.69. The van der Waals surface area contributed by atoms with Crippen LogP contribution in [0.1, 0.15) is 54.2 Å². The van der Waals surface area contributed by atoms with E-state index < -0.39 is 5.97 Å². The first kappa shape index (κ1) is 23.2. The number of fused-ring (bicyclic) bond motifs is 1. The van der Waals surface area contributed by atoms with Crippen LogP contribution in [0.2, 0.25) is 0 Å². The number of nitrogens with zero attached hydrogens (tertiary/aromatic N) is 6. The molecule has 0 bridgehead atoms. The van der Waals surface area contributed by atoms with E-state index in [9.17, 15) is 9.90 Å². The molecule has 0 atom stereocenters. The van der Waals surface area contributed by atoms with Gasteiger partial charge in [-0.05, 0) is 37.8 Å². The van der Waals surface area contributed by atoms with E-state index in [2.05, 4.69) is 19.8 Å². The third-order valence-electron chi connectivity index (χ3n) is 7.89. The molecular weight excluding hydrogens is 460 g/mol. The molecule has 3 aliphatic rings. The van der Waals surface area contributed by atoms with E-state index in [0.29, 0.717) is 23.5 Å². The van der Waals surface area contributed by atoms with Crippen LogP contribution in [0.4, 0.5) is 5.69 Å². The van der Waals surface area contributed by atoms with Crippen LogP contribution in [0.25, 0.3) is 16.7 Å². The monoisotopic (exact) mass is 492 g/mol. The minimum atomic E-state index is -1.04. The maximum absolute atomic E-state index is 12.1. The third kappa shape index (κ3) is 4.18. The molecule has 0 radical (unpaired) electrons. The lowest BCUT2D eigenvalue weighted by molar-refractivity contribution is 0.0115. The Labute approximate surface area is 209 Å². The molecule has 0 unspecified atom stereocenters. The van der Waals surface area contributed by atoms with Gasteiger partial charge in [-0.3, -0.25) is 4.90 Å². The van der Waals surface area contributed by atoms with Gasteiger partial charge in [0.05, 0.1) is 42.8 Å². The van der Waals surface area contributed by atoms with Gasteiger partial charge in [0, 0.05) is 50.4 Å².